The second-order valence-electron chi connectivity index (χ2n) is 7.71. The second-order valence-corrected chi connectivity index (χ2v) is 8.63. The Morgan fingerprint density at radius 1 is 0.862 bits per heavy atom. The first-order valence-corrected chi connectivity index (χ1v) is 11.0. The average molecular weight is 451 g/mol. The number of nitrogens with zero attached hydrogens (tertiary/aromatic N) is 1. The molecule has 2 unspecified atom stereocenters. The predicted octanol–water partition coefficient (Wildman–Crippen LogP) is 4.55. The summed E-state index contributed by atoms with van der Waals surface area (Å²) in [5.41, 5.74) is 5.22. The van der Waals surface area contributed by atoms with Gasteiger partial charge in [0.25, 0.3) is 0 Å². The van der Waals surface area contributed by atoms with Crippen LogP contribution in [0.15, 0.2) is 83.3 Å². The van der Waals surface area contributed by atoms with Gasteiger partial charge in [-0.15, -0.1) is 0 Å². The van der Waals surface area contributed by atoms with E-state index in [9.17, 15) is 5.11 Å². The Hall–Kier alpha value is -1.98. The molecule has 150 valence electrons. The fourth-order valence-corrected chi connectivity index (χ4v) is 4.32. The standard InChI is InChI=1S/C25H27BrN2O/c26-23-12-10-21(11-13-23)25(20-7-2-1-3-8-20)27-16-24(29)18-28-15-14-19-6-4-5-9-22(19)17-28/h1-13,24-25,27,29H,14-18H2. The number of aliphatic hydroxyl groups is 1. The monoisotopic (exact) mass is 450 g/mol. The van der Waals surface area contributed by atoms with Gasteiger partial charge >= 0.3 is 0 Å². The smallest absolute Gasteiger partial charge is 0.0791 e. The summed E-state index contributed by atoms with van der Waals surface area (Å²) >= 11 is 3.51. The first-order chi connectivity index (χ1) is 14.2. The highest BCUT2D eigenvalue weighted by molar-refractivity contribution is 9.10. The molecule has 0 spiro atoms. The van der Waals surface area contributed by atoms with Gasteiger partial charge in [0.15, 0.2) is 0 Å². The van der Waals surface area contributed by atoms with Crippen molar-refractivity contribution in [3.8, 4) is 0 Å². The topological polar surface area (TPSA) is 35.5 Å². The average Bonchev–Trinajstić information content (AvgIpc) is 2.76. The maximum atomic E-state index is 10.7. The van der Waals surface area contributed by atoms with Crippen molar-refractivity contribution >= 4 is 15.9 Å². The van der Waals surface area contributed by atoms with E-state index in [1.165, 1.54) is 22.3 Å². The zero-order valence-electron chi connectivity index (χ0n) is 16.5. The second kappa shape index (κ2) is 9.68. The number of benzene rings is 3. The molecular weight excluding hydrogens is 424 g/mol. The lowest BCUT2D eigenvalue weighted by Gasteiger charge is -2.31. The maximum Gasteiger partial charge on any atom is 0.0791 e. The summed E-state index contributed by atoms with van der Waals surface area (Å²) in [4.78, 5) is 2.35. The van der Waals surface area contributed by atoms with Crippen molar-refractivity contribution in [3.63, 3.8) is 0 Å². The van der Waals surface area contributed by atoms with Gasteiger partial charge in [-0.2, -0.15) is 0 Å². The van der Waals surface area contributed by atoms with Gasteiger partial charge in [-0.3, -0.25) is 4.90 Å². The molecule has 0 saturated carbocycles. The van der Waals surface area contributed by atoms with Crippen LogP contribution in [-0.2, 0) is 13.0 Å². The third-order valence-electron chi connectivity index (χ3n) is 5.57. The van der Waals surface area contributed by atoms with Crippen LogP contribution in [0.25, 0.3) is 0 Å². The lowest BCUT2D eigenvalue weighted by molar-refractivity contribution is 0.103. The molecule has 1 aliphatic rings. The zero-order valence-corrected chi connectivity index (χ0v) is 18.1. The van der Waals surface area contributed by atoms with E-state index in [2.05, 4.69) is 98.9 Å². The van der Waals surface area contributed by atoms with Crippen molar-refractivity contribution in [2.45, 2.75) is 25.1 Å². The van der Waals surface area contributed by atoms with Crippen LogP contribution in [0.1, 0.15) is 28.3 Å². The maximum absolute atomic E-state index is 10.7. The summed E-state index contributed by atoms with van der Waals surface area (Å²) in [5.74, 6) is 0. The van der Waals surface area contributed by atoms with Gasteiger partial charge in [-0.05, 0) is 40.8 Å². The third-order valence-corrected chi connectivity index (χ3v) is 6.10. The quantitative estimate of drug-likeness (QED) is 0.554. The highest BCUT2D eigenvalue weighted by Crippen LogP contribution is 2.24. The van der Waals surface area contributed by atoms with Crippen LogP contribution in [0.5, 0.6) is 0 Å². The minimum absolute atomic E-state index is 0.0565. The molecule has 0 saturated heterocycles. The van der Waals surface area contributed by atoms with Gasteiger partial charge in [-0.25, -0.2) is 0 Å². The zero-order chi connectivity index (χ0) is 20.1. The summed E-state index contributed by atoms with van der Waals surface area (Å²) < 4.78 is 1.07. The lowest BCUT2D eigenvalue weighted by Crippen LogP contribution is -2.41. The fraction of sp³-hybridized carbons (Fsp3) is 0.280. The van der Waals surface area contributed by atoms with E-state index in [0.29, 0.717) is 13.1 Å². The van der Waals surface area contributed by atoms with Crippen LogP contribution in [0, 0.1) is 0 Å². The minimum atomic E-state index is -0.415. The number of rotatable bonds is 7. The van der Waals surface area contributed by atoms with Crippen molar-refractivity contribution in [1.29, 1.82) is 0 Å². The number of nitrogens with one attached hydrogen (secondary N) is 1. The van der Waals surface area contributed by atoms with E-state index in [4.69, 9.17) is 0 Å². The van der Waals surface area contributed by atoms with E-state index in [1.807, 2.05) is 6.07 Å². The van der Waals surface area contributed by atoms with Gasteiger partial charge in [0.05, 0.1) is 12.1 Å². The number of hydrogen-bond acceptors (Lipinski definition) is 3. The first-order valence-electron chi connectivity index (χ1n) is 10.2. The largest absolute Gasteiger partial charge is 0.390 e. The SMILES string of the molecule is OC(CNC(c1ccccc1)c1ccc(Br)cc1)CN1CCc2ccccc2C1. The minimum Gasteiger partial charge on any atom is -0.390 e. The van der Waals surface area contributed by atoms with E-state index in [1.54, 1.807) is 0 Å². The Balaban J connectivity index is 1.39. The molecular formula is C25H27BrN2O. The fourth-order valence-electron chi connectivity index (χ4n) is 4.06. The summed E-state index contributed by atoms with van der Waals surface area (Å²) in [6, 6.07) is 27.5. The third kappa shape index (κ3) is 5.34. The van der Waals surface area contributed by atoms with Crippen molar-refractivity contribution in [1.82, 2.24) is 10.2 Å². The number of aliphatic hydroxyl groups excluding tert-OH is 1. The molecule has 0 radical (unpaired) electrons. The molecule has 1 heterocycles. The number of fused-ring (bicyclic) bond motifs is 1. The van der Waals surface area contributed by atoms with Gasteiger partial charge in [0.2, 0.25) is 0 Å². The van der Waals surface area contributed by atoms with Crippen LogP contribution in [0.3, 0.4) is 0 Å². The Kier molecular flexibility index (Phi) is 6.78. The molecule has 0 bridgehead atoms. The molecule has 3 aromatic carbocycles. The first kappa shape index (κ1) is 20.3. The van der Waals surface area contributed by atoms with Crippen LogP contribution < -0.4 is 5.32 Å². The van der Waals surface area contributed by atoms with Gasteiger partial charge in [-0.1, -0.05) is 82.7 Å². The molecule has 1 aliphatic heterocycles. The lowest BCUT2D eigenvalue weighted by atomic mass is 9.98. The number of β-amino-alcohol motifs (C(OH)–C–C–N with tert-alkyl or cyclic N) is 1. The molecule has 0 fully saturated rings. The summed E-state index contributed by atoms with van der Waals surface area (Å²) in [7, 11) is 0. The van der Waals surface area contributed by atoms with Crippen molar-refractivity contribution in [2.75, 3.05) is 19.6 Å². The van der Waals surface area contributed by atoms with Gasteiger partial charge in [0.1, 0.15) is 0 Å². The van der Waals surface area contributed by atoms with E-state index < -0.39 is 6.10 Å². The molecule has 4 heteroatoms. The molecule has 3 nitrogen and oxygen atoms in total. The molecule has 0 aliphatic carbocycles. The predicted molar refractivity (Wildman–Crippen MR) is 122 cm³/mol. The summed E-state index contributed by atoms with van der Waals surface area (Å²) in [6.07, 6.45) is 0.643. The van der Waals surface area contributed by atoms with E-state index in [-0.39, 0.29) is 6.04 Å². The van der Waals surface area contributed by atoms with Crippen molar-refractivity contribution in [2.24, 2.45) is 0 Å². The molecule has 2 atom stereocenters. The highest BCUT2D eigenvalue weighted by Gasteiger charge is 2.20. The van der Waals surface area contributed by atoms with Gasteiger partial charge < -0.3 is 10.4 Å². The molecule has 4 rings (SSSR count). The summed E-state index contributed by atoms with van der Waals surface area (Å²) in [6.45, 7) is 3.15. The Morgan fingerprint density at radius 2 is 1.52 bits per heavy atom. The molecule has 29 heavy (non-hydrogen) atoms. The molecule has 0 amide bonds. The van der Waals surface area contributed by atoms with Crippen LogP contribution in [0.4, 0.5) is 0 Å². The Bertz CT molecular complexity index is 914. The normalized spacial score (nSPS) is 16.2. The Morgan fingerprint density at radius 3 is 2.28 bits per heavy atom. The molecule has 2 N–H and O–H groups in total. The van der Waals surface area contributed by atoms with Gasteiger partial charge in [0, 0.05) is 30.7 Å². The van der Waals surface area contributed by atoms with Crippen LogP contribution >= 0.6 is 15.9 Å². The van der Waals surface area contributed by atoms with Crippen LogP contribution in [0.2, 0.25) is 0 Å². The number of hydrogen-bond donors (Lipinski definition) is 2. The van der Waals surface area contributed by atoms with Crippen molar-refractivity contribution < 1.29 is 5.11 Å². The van der Waals surface area contributed by atoms with Crippen molar-refractivity contribution in [3.05, 3.63) is 106 Å². The Labute approximate surface area is 181 Å². The summed E-state index contributed by atoms with van der Waals surface area (Å²) in [5, 5.41) is 14.3. The van der Waals surface area contributed by atoms with E-state index >= 15 is 0 Å². The highest BCUT2D eigenvalue weighted by atomic mass is 79.9. The van der Waals surface area contributed by atoms with E-state index in [0.717, 1.165) is 24.0 Å². The van der Waals surface area contributed by atoms with Crippen LogP contribution in [-0.4, -0.2) is 35.7 Å². The number of halogens is 1. The molecule has 0 aromatic heterocycles. The molecule has 3 aromatic rings.